The Labute approximate surface area is 108 Å². The molecule has 1 aromatic heterocycles. The van der Waals surface area contributed by atoms with Crippen LogP contribution in [-0.2, 0) is 6.54 Å². The standard InChI is InChI=1S/C12H13BrN2S/c1-8-4-9(13)6-10(5-8)15-7-12-11(14)2-3-16-12/h2-6,15H,7,14H2,1H3. The third-order valence-corrected chi connectivity index (χ3v) is 3.67. The van der Waals surface area contributed by atoms with E-state index in [4.69, 9.17) is 5.73 Å². The van der Waals surface area contributed by atoms with Crippen LogP contribution in [0.15, 0.2) is 34.1 Å². The summed E-state index contributed by atoms with van der Waals surface area (Å²) in [5.74, 6) is 0. The molecule has 0 bridgehead atoms. The minimum absolute atomic E-state index is 0.777. The van der Waals surface area contributed by atoms with Gasteiger partial charge in [-0.2, -0.15) is 0 Å². The summed E-state index contributed by atoms with van der Waals surface area (Å²) in [6.07, 6.45) is 0. The Morgan fingerprint density at radius 3 is 2.81 bits per heavy atom. The molecule has 0 amide bonds. The summed E-state index contributed by atoms with van der Waals surface area (Å²) in [4.78, 5) is 1.18. The van der Waals surface area contributed by atoms with E-state index in [2.05, 4.69) is 46.4 Å². The van der Waals surface area contributed by atoms with Gasteiger partial charge in [-0.05, 0) is 42.1 Å². The summed E-state index contributed by atoms with van der Waals surface area (Å²) >= 11 is 5.16. The number of nitrogen functional groups attached to an aromatic ring is 1. The fourth-order valence-electron chi connectivity index (χ4n) is 1.51. The largest absolute Gasteiger partial charge is 0.398 e. The van der Waals surface area contributed by atoms with Crippen LogP contribution in [0.25, 0.3) is 0 Å². The Hall–Kier alpha value is -1.00. The average Bonchev–Trinajstić information content (AvgIpc) is 2.59. The molecule has 0 saturated carbocycles. The van der Waals surface area contributed by atoms with Crippen molar-refractivity contribution in [1.82, 2.24) is 0 Å². The first-order chi connectivity index (χ1) is 7.65. The molecule has 0 spiro atoms. The number of aryl methyl sites for hydroxylation is 1. The summed E-state index contributed by atoms with van der Waals surface area (Å²) < 4.78 is 1.09. The topological polar surface area (TPSA) is 38.0 Å². The number of nitrogens with one attached hydrogen (secondary N) is 1. The molecule has 0 fully saturated rings. The highest BCUT2D eigenvalue weighted by molar-refractivity contribution is 9.10. The van der Waals surface area contributed by atoms with Crippen molar-refractivity contribution in [3.05, 3.63) is 44.6 Å². The number of rotatable bonds is 3. The Morgan fingerprint density at radius 1 is 1.38 bits per heavy atom. The first-order valence-electron chi connectivity index (χ1n) is 4.98. The van der Waals surface area contributed by atoms with Crippen LogP contribution in [0.3, 0.4) is 0 Å². The molecule has 2 aromatic rings. The number of nitrogens with two attached hydrogens (primary N) is 1. The number of thiophene rings is 1. The van der Waals surface area contributed by atoms with Gasteiger partial charge in [0.15, 0.2) is 0 Å². The van der Waals surface area contributed by atoms with Gasteiger partial charge in [0.05, 0.1) is 6.54 Å². The van der Waals surface area contributed by atoms with Crippen molar-refractivity contribution in [1.29, 1.82) is 0 Å². The van der Waals surface area contributed by atoms with Gasteiger partial charge in [-0.3, -0.25) is 0 Å². The van der Waals surface area contributed by atoms with Crippen molar-refractivity contribution in [3.8, 4) is 0 Å². The van der Waals surface area contributed by atoms with Crippen molar-refractivity contribution in [2.75, 3.05) is 11.1 Å². The maximum atomic E-state index is 5.83. The van der Waals surface area contributed by atoms with Crippen molar-refractivity contribution >= 4 is 38.6 Å². The van der Waals surface area contributed by atoms with Crippen LogP contribution in [0, 0.1) is 6.92 Å². The average molecular weight is 297 g/mol. The molecule has 0 saturated heterocycles. The molecule has 84 valence electrons. The minimum atomic E-state index is 0.777. The predicted molar refractivity (Wildman–Crippen MR) is 74.9 cm³/mol. The maximum Gasteiger partial charge on any atom is 0.0514 e. The second kappa shape index (κ2) is 4.89. The lowest BCUT2D eigenvalue weighted by atomic mass is 10.2. The number of halogens is 1. The molecule has 0 radical (unpaired) electrons. The molecule has 0 aliphatic rings. The zero-order valence-electron chi connectivity index (χ0n) is 8.96. The molecule has 0 aliphatic carbocycles. The minimum Gasteiger partial charge on any atom is -0.398 e. The van der Waals surface area contributed by atoms with Crippen molar-refractivity contribution in [2.45, 2.75) is 13.5 Å². The van der Waals surface area contributed by atoms with E-state index in [-0.39, 0.29) is 0 Å². The molecule has 3 N–H and O–H groups in total. The predicted octanol–water partition coefficient (Wildman–Crippen LogP) is 4.01. The van der Waals surface area contributed by atoms with Crippen LogP contribution < -0.4 is 11.1 Å². The Kier molecular flexibility index (Phi) is 3.51. The van der Waals surface area contributed by atoms with Crippen LogP contribution in [0.2, 0.25) is 0 Å². The number of hydrogen-bond donors (Lipinski definition) is 2. The fourth-order valence-corrected chi connectivity index (χ4v) is 2.86. The molecule has 1 aromatic carbocycles. The van der Waals surface area contributed by atoms with Gasteiger partial charge in [0.1, 0.15) is 0 Å². The highest BCUT2D eigenvalue weighted by atomic mass is 79.9. The smallest absolute Gasteiger partial charge is 0.0514 e. The third-order valence-electron chi connectivity index (χ3n) is 2.28. The second-order valence-corrected chi connectivity index (χ2v) is 5.59. The zero-order valence-corrected chi connectivity index (χ0v) is 11.4. The van der Waals surface area contributed by atoms with Gasteiger partial charge in [0.2, 0.25) is 0 Å². The molecule has 16 heavy (non-hydrogen) atoms. The molecule has 4 heteroatoms. The molecule has 2 rings (SSSR count). The second-order valence-electron chi connectivity index (χ2n) is 3.67. The third kappa shape index (κ3) is 2.77. The van der Waals surface area contributed by atoms with Gasteiger partial charge in [-0.1, -0.05) is 15.9 Å². The van der Waals surface area contributed by atoms with Crippen LogP contribution in [0.1, 0.15) is 10.4 Å². The lowest BCUT2D eigenvalue weighted by Crippen LogP contribution is -2.00. The van der Waals surface area contributed by atoms with E-state index in [9.17, 15) is 0 Å². The maximum absolute atomic E-state index is 5.83. The molecule has 2 nitrogen and oxygen atoms in total. The van der Waals surface area contributed by atoms with E-state index in [1.54, 1.807) is 11.3 Å². The zero-order chi connectivity index (χ0) is 11.5. The van der Waals surface area contributed by atoms with Crippen molar-refractivity contribution in [2.24, 2.45) is 0 Å². The van der Waals surface area contributed by atoms with E-state index >= 15 is 0 Å². The van der Waals surface area contributed by atoms with Crippen molar-refractivity contribution < 1.29 is 0 Å². The SMILES string of the molecule is Cc1cc(Br)cc(NCc2sccc2N)c1. The first-order valence-corrected chi connectivity index (χ1v) is 6.65. The summed E-state index contributed by atoms with van der Waals surface area (Å²) in [7, 11) is 0. The van der Waals surface area contributed by atoms with E-state index in [0.717, 1.165) is 22.4 Å². The fraction of sp³-hybridized carbons (Fsp3) is 0.167. The van der Waals surface area contributed by atoms with Crippen molar-refractivity contribution in [3.63, 3.8) is 0 Å². The molecule has 0 atom stereocenters. The summed E-state index contributed by atoms with van der Waals surface area (Å²) in [6, 6.07) is 8.21. The van der Waals surface area contributed by atoms with Gasteiger partial charge in [0, 0.05) is 20.7 Å². The van der Waals surface area contributed by atoms with Gasteiger partial charge < -0.3 is 11.1 Å². The summed E-state index contributed by atoms with van der Waals surface area (Å²) in [6.45, 7) is 2.86. The summed E-state index contributed by atoms with van der Waals surface area (Å²) in [5, 5.41) is 5.38. The van der Waals surface area contributed by atoms with Gasteiger partial charge in [-0.15, -0.1) is 11.3 Å². The van der Waals surface area contributed by atoms with Gasteiger partial charge >= 0.3 is 0 Å². The number of anilines is 2. The first kappa shape index (κ1) is 11.5. The van der Waals surface area contributed by atoms with Crippen LogP contribution in [0.5, 0.6) is 0 Å². The number of benzene rings is 1. The monoisotopic (exact) mass is 296 g/mol. The Balaban J connectivity index is 2.07. The van der Waals surface area contributed by atoms with E-state index < -0.39 is 0 Å². The lowest BCUT2D eigenvalue weighted by Gasteiger charge is -2.07. The summed E-state index contributed by atoms with van der Waals surface area (Å²) in [5.41, 5.74) is 9.03. The molecule has 1 heterocycles. The highest BCUT2D eigenvalue weighted by Crippen LogP contribution is 2.23. The molecule has 0 unspecified atom stereocenters. The molecular weight excluding hydrogens is 284 g/mol. The number of hydrogen-bond acceptors (Lipinski definition) is 3. The van der Waals surface area contributed by atoms with E-state index in [0.29, 0.717) is 0 Å². The van der Waals surface area contributed by atoms with Gasteiger partial charge in [0.25, 0.3) is 0 Å². The molecule has 0 aliphatic heterocycles. The van der Waals surface area contributed by atoms with E-state index in [1.165, 1.54) is 10.4 Å². The van der Waals surface area contributed by atoms with Crippen LogP contribution >= 0.6 is 27.3 Å². The molecular formula is C12H13BrN2S. The quantitative estimate of drug-likeness (QED) is 0.898. The van der Waals surface area contributed by atoms with Gasteiger partial charge in [-0.25, -0.2) is 0 Å². The van der Waals surface area contributed by atoms with Crippen LogP contribution in [-0.4, -0.2) is 0 Å². The Bertz CT molecular complexity index is 473. The van der Waals surface area contributed by atoms with Crippen LogP contribution in [0.4, 0.5) is 11.4 Å². The van der Waals surface area contributed by atoms with E-state index in [1.807, 2.05) is 11.4 Å². The lowest BCUT2D eigenvalue weighted by molar-refractivity contribution is 1.19. The Morgan fingerprint density at radius 2 is 2.19 bits per heavy atom. The highest BCUT2D eigenvalue weighted by Gasteiger charge is 2.01. The normalized spacial score (nSPS) is 10.4.